The lowest BCUT2D eigenvalue weighted by atomic mass is 10.0. The molecule has 264 valence electrons. The molecule has 49 heavy (non-hydrogen) atoms. The molecule has 1 saturated heterocycles. The quantitative estimate of drug-likeness (QED) is 0.134. The lowest BCUT2D eigenvalue weighted by Gasteiger charge is -2.45. The number of halogens is 7. The number of methoxy groups -OCH3 is 1. The van der Waals surface area contributed by atoms with Gasteiger partial charge < -0.3 is 29.2 Å². The molecule has 0 radical (unpaired) electrons. The second-order valence-electron chi connectivity index (χ2n) is 11.4. The van der Waals surface area contributed by atoms with Gasteiger partial charge in [0, 0.05) is 42.8 Å². The molecule has 2 amide bonds. The van der Waals surface area contributed by atoms with Crippen molar-refractivity contribution in [2.24, 2.45) is 5.11 Å². The van der Waals surface area contributed by atoms with Crippen molar-refractivity contribution in [1.29, 1.82) is 0 Å². The zero-order chi connectivity index (χ0) is 36.4. The van der Waals surface area contributed by atoms with Crippen molar-refractivity contribution in [3.05, 3.63) is 73.6 Å². The Balaban J connectivity index is 1.74. The number of hydrogen-bond acceptors (Lipinski definition) is 7. The molecular formula is C30H30F7N7O5. The normalized spacial score (nSPS) is 16.7. The summed E-state index contributed by atoms with van der Waals surface area (Å²) in [7, 11) is 1.08. The maximum absolute atomic E-state index is 16.0. The van der Waals surface area contributed by atoms with E-state index >= 15 is 4.39 Å². The van der Waals surface area contributed by atoms with Crippen LogP contribution in [0.25, 0.3) is 21.3 Å². The summed E-state index contributed by atoms with van der Waals surface area (Å²) in [4.78, 5) is 44.9. The fourth-order valence-electron chi connectivity index (χ4n) is 5.96. The van der Waals surface area contributed by atoms with Crippen LogP contribution in [-0.2, 0) is 17.9 Å². The molecule has 4 rings (SSSR count). The number of nitrogens with zero attached hydrogens (tertiary/aromatic N) is 6. The molecule has 1 aliphatic heterocycles. The SMILES string of the molecule is COc1c(N2C[C@@H](C)N(C(=O)CN=[N+]=[N-])[C@@H](C)C2)c(F)cc2c(=O)c(C(=O)NCc3ccc(OC(F)(F)F)cc3C)cn(CC(F)(F)F)c12. The summed E-state index contributed by atoms with van der Waals surface area (Å²) in [5, 5.41) is 5.08. The first-order chi connectivity index (χ1) is 22.8. The van der Waals surface area contributed by atoms with Gasteiger partial charge in [-0.1, -0.05) is 11.2 Å². The van der Waals surface area contributed by atoms with Crippen LogP contribution in [-0.4, -0.2) is 72.6 Å². The fraction of sp³-hybridized carbons (Fsp3) is 0.433. The molecule has 2 heterocycles. The maximum atomic E-state index is 16.0. The molecule has 0 saturated carbocycles. The molecule has 2 atom stereocenters. The van der Waals surface area contributed by atoms with Crippen molar-refractivity contribution < 1.29 is 49.8 Å². The van der Waals surface area contributed by atoms with E-state index in [1.165, 1.54) is 22.8 Å². The number of carbonyl (C=O) groups excluding carboxylic acids is 2. The van der Waals surface area contributed by atoms with Crippen LogP contribution in [0.4, 0.5) is 36.4 Å². The number of alkyl halides is 6. The van der Waals surface area contributed by atoms with E-state index in [0.29, 0.717) is 16.3 Å². The van der Waals surface area contributed by atoms with E-state index in [0.717, 1.165) is 25.3 Å². The summed E-state index contributed by atoms with van der Waals surface area (Å²) in [6.45, 7) is 2.28. The lowest BCUT2D eigenvalue weighted by Crippen LogP contribution is -2.59. The number of nitrogens with one attached hydrogen (secondary N) is 1. The van der Waals surface area contributed by atoms with E-state index in [1.54, 1.807) is 13.8 Å². The van der Waals surface area contributed by atoms with Gasteiger partial charge in [0.1, 0.15) is 30.1 Å². The molecule has 12 nitrogen and oxygen atoms in total. The van der Waals surface area contributed by atoms with Crippen LogP contribution in [0, 0.1) is 12.7 Å². The molecular weight excluding hydrogens is 671 g/mol. The number of rotatable bonds is 9. The zero-order valence-electron chi connectivity index (χ0n) is 26.4. The van der Waals surface area contributed by atoms with Crippen LogP contribution in [0.5, 0.6) is 11.5 Å². The Morgan fingerprint density at radius 2 is 1.76 bits per heavy atom. The summed E-state index contributed by atoms with van der Waals surface area (Å²) >= 11 is 0. The maximum Gasteiger partial charge on any atom is 0.573 e. The molecule has 1 fully saturated rings. The Kier molecular flexibility index (Phi) is 10.6. The van der Waals surface area contributed by atoms with Gasteiger partial charge >= 0.3 is 12.5 Å². The van der Waals surface area contributed by atoms with Gasteiger partial charge in [-0.05, 0) is 55.6 Å². The summed E-state index contributed by atoms with van der Waals surface area (Å²) in [6.07, 6.45) is -9.12. The highest BCUT2D eigenvalue weighted by Gasteiger charge is 2.37. The van der Waals surface area contributed by atoms with Crippen molar-refractivity contribution in [1.82, 2.24) is 14.8 Å². The number of aryl methyl sites for hydroxylation is 1. The average Bonchev–Trinajstić information content (AvgIpc) is 2.98. The van der Waals surface area contributed by atoms with E-state index < -0.39 is 88.7 Å². The average molecular weight is 702 g/mol. The first-order valence-electron chi connectivity index (χ1n) is 14.6. The third-order valence-electron chi connectivity index (χ3n) is 7.82. The third kappa shape index (κ3) is 8.28. The fourth-order valence-corrected chi connectivity index (χ4v) is 5.96. The number of hydrogen-bond donors (Lipinski definition) is 1. The Labute approximate surface area is 273 Å². The van der Waals surface area contributed by atoms with Gasteiger partial charge in [-0.25, -0.2) is 4.39 Å². The van der Waals surface area contributed by atoms with E-state index in [9.17, 15) is 40.7 Å². The lowest BCUT2D eigenvalue weighted by molar-refractivity contribution is -0.274. The highest BCUT2D eigenvalue weighted by atomic mass is 19.4. The molecule has 1 aliphatic rings. The van der Waals surface area contributed by atoms with Gasteiger partial charge in [-0.3, -0.25) is 14.4 Å². The smallest absolute Gasteiger partial charge is 0.492 e. The topological polar surface area (TPSA) is 142 Å². The van der Waals surface area contributed by atoms with Crippen LogP contribution in [0.2, 0.25) is 0 Å². The Morgan fingerprint density at radius 3 is 2.31 bits per heavy atom. The molecule has 19 heteroatoms. The number of benzene rings is 2. The number of pyridine rings is 1. The van der Waals surface area contributed by atoms with Crippen LogP contribution >= 0.6 is 0 Å². The highest BCUT2D eigenvalue weighted by Crippen LogP contribution is 2.40. The number of azide groups is 1. The second-order valence-corrected chi connectivity index (χ2v) is 11.4. The second kappa shape index (κ2) is 14.1. The monoisotopic (exact) mass is 701 g/mol. The van der Waals surface area contributed by atoms with Crippen LogP contribution < -0.4 is 25.1 Å². The number of amides is 2. The van der Waals surface area contributed by atoms with Crippen molar-refractivity contribution in [2.45, 2.75) is 58.5 Å². The van der Waals surface area contributed by atoms with E-state index in [4.69, 9.17) is 10.3 Å². The number of aromatic nitrogens is 1. The van der Waals surface area contributed by atoms with Crippen molar-refractivity contribution in [3.63, 3.8) is 0 Å². The van der Waals surface area contributed by atoms with Gasteiger partial charge in [-0.2, -0.15) is 13.2 Å². The number of carbonyl (C=O) groups is 2. The molecule has 0 unspecified atom stereocenters. The van der Waals surface area contributed by atoms with Gasteiger partial charge in [0.15, 0.2) is 11.6 Å². The van der Waals surface area contributed by atoms with Crippen molar-refractivity contribution in [2.75, 3.05) is 31.6 Å². The largest absolute Gasteiger partial charge is 0.573 e. The van der Waals surface area contributed by atoms with Crippen LogP contribution in [0.3, 0.4) is 0 Å². The zero-order valence-corrected chi connectivity index (χ0v) is 26.4. The minimum Gasteiger partial charge on any atom is -0.492 e. The van der Waals surface area contributed by atoms with Crippen molar-refractivity contribution >= 4 is 28.4 Å². The Bertz CT molecular complexity index is 1860. The number of piperazine rings is 1. The van der Waals surface area contributed by atoms with Crippen LogP contribution in [0.1, 0.15) is 35.3 Å². The summed E-state index contributed by atoms with van der Waals surface area (Å²) < 4.78 is 105. The molecule has 0 aliphatic carbocycles. The molecule has 2 aromatic carbocycles. The van der Waals surface area contributed by atoms with Gasteiger partial charge in [-0.15, -0.1) is 13.2 Å². The summed E-state index contributed by atoms with van der Waals surface area (Å²) in [6, 6.07) is 2.89. The van der Waals surface area contributed by atoms with E-state index in [1.807, 2.05) is 0 Å². The Morgan fingerprint density at radius 1 is 1.10 bits per heavy atom. The summed E-state index contributed by atoms with van der Waals surface area (Å²) in [5.74, 6) is -3.55. The Hall–Kier alpha value is -5.19. The first-order valence-corrected chi connectivity index (χ1v) is 14.6. The predicted molar refractivity (Wildman–Crippen MR) is 162 cm³/mol. The van der Waals surface area contributed by atoms with Gasteiger partial charge in [0.05, 0.1) is 18.0 Å². The molecule has 1 aromatic heterocycles. The molecule has 1 N–H and O–H groups in total. The van der Waals surface area contributed by atoms with Gasteiger partial charge in [0.25, 0.3) is 5.91 Å². The minimum atomic E-state index is -4.93. The number of ether oxygens (including phenoxy) is 2. The van der Waals surface area contributed by atoms with Crippen molar-refractivity contribution in [3.8, 4) is 11.5 Å². The molecule has 0 bridgehead atoms. The predicted octanol–water partition coefficient (Wildman–Crippen LogP) is 5.58. The number of fused-ring (bicyclic) bond motifs is 1. The molecule has 0 spiro atoms. The van der Waals surface area contributed by atoms with Gasteiger partial charge in [0.2, 0.25) is 11.3 Å². The minimum absolute atomic E-state index is 0.00213. The first kappa shape index (κ1) is 36.6. The van der Waals surface area contributed by atoms with Crippen LogP contribution in [0.15, 0.2) is 40.4 Å². The van der Waals surface area contributed by atoms with E-state index in [2.05, 4.69) is 20.1 Å². The third-order valence-corrected chi connectivity index (χ3v) is 7.82. The van der Waals surface area contributed by atoms with E-state index in [-0.39, 0.29) is 30.9 Å². The highest BCUT2D eigenvalue weighted by molar-refractivity contribution is 6.00. The summed E-state index contributed by atoms with van der Waals surface area (Å²) in [5.41, 5.74) is 6.60. The number of anilines is 1. The molecule has 3 aromatic rings. The standard InChI is InChI=1S/C30H30F7N7O5/c1-15-7-19(49-30(35,36)37)6-5-18(15)9-39-28(47)21-13-43(14-29(32,33)34)24-20(26(21)46)8-22(31)25(27(24)48-4)42-11-16(2)44(17(3)12-42)23(45)10-40-41-38/h5-8,13,16-17H,9-12,14H2,1-4H3,(H,39,47)/t16-,17+.